The number of fused-ring (bicyclic) bond motifs is 1. The highest BCUT2D eigenvalue weighted by atomic mass is 16.6. The van der Waals surface area contributed by atoms with Crippen LogP contribution in [0.2, 0.25) is 0 Å². The normalized spacial score (nSPS) is 24.3. The van der Waals surface area contributed by atoms with Gasteiger partial charge in [-0.1, -0.05) is 0 Å². The fourth-order valence-electron chi connectivity index (χ4n) is 3.17. The van der Waals surface area contributed by atoms with Crippen LogP contribution in [0, 0.1) is 10.1 Å². The molecule has 0 radical (unpaired) electrons. The Morgan fingerprint density at radius 1 is 1.43 bits per heavy atom. The first-order valence-corrected chi connectivity index (χ1v) is 7.45. The minimum atomic E-state index is -0.517. The summed E-state index contributed by atoms with van der Waals surface area (Å²) in [5, 5.41) is 11.0. The summed E-state index contributed by atoms with van der Waals surface area (Å²) in [6, 6.07) is 4.22. The summed E-state index contributed by atoms with van der Waals surface area (Å²) in [4.78, 5) is 27.1. The predicted octanol–water partition coefficient (Wildman–Crippen LogP) is 0.758. The van der Waals surface area contributed by atoms with E-state index in [-0.39, 0.29) is 29.3 Å². The van der Waals surface area contributed by atoms with Crippen LogP contribution in [0.25, 0.3) is 0 Å². The zero-order valence-corrected chi connectivity index (χ0v) is 13.1. The molecular formula is C15H19N3O5. The van der Waals surface area contributed by atoms with E-state index >= 15 is 0 Å². The molecule has 1 aromatic rings. The van der Waals surface area contributed by atoms with E-state index in [0.717, 1.165) is 6.54 Å². The van der Waals surface area contributed by atoms with Crippen molar-refractivity contribution in [1.82, 2.24) is 9.80 Å². The number of nitro benzene ring substituents is 1. The monoisotopic (exact) mass is 321 g/mol. The van der Waals surface area contributed by atoms with Crippen LogP contribution in [0.1, 0.15) is 10.4 Å². The molecule has 2 atom stereocenters. The lowest BCUT2D eigenvalue weighted by molar-refractivity contribution is -0.384. The Hall–Kier alpha value is -2.19. The van der Waals surface area contributed by atoms with Crippen LogP contribution in [-0.4, -0.2) is 73.2 Å². The molecule has 0 N–H and O–H groups in total. The molecule has 2 aliphatic heterocycles. The Kier molecular flexibility index (Phi) is 4.18. The number of non-ortho nitro benzene ring substituents is 1. The van der Waals surface area contributed by atoms with Gasteiger partial charge in [0.15, 0.2) is 0 Å². The number of methoxy groups -OCH3 is 1. The Morgan fingerprint density at radius 3 is 2.87 bits per heavy atom. The van der Waals surface area contributed by atoms with Crippen molar-refractivity contribution < 1.29 is 19.2 Å². The molecular weight excluding hydrogens is 302 g/mol. The molecule has 124 valence electrons. The quantitative estimate of drug-likeness (QED) is 0.603. The van der Waals surface area contributed by atoms with Crippen LogP contribution < -0.4 is 4.74 Å². The molecule has 23 heavy (non-hydrogen) atoms. The van der Waals surface area contributed by atoms with E-state index in [1.54, 1.807) is 4.90 Å². The minimum Gasteiger partial charge on any atom is -0.496 e. The van der Waals surface area contributed by atoms with Crippen molar-refractivity contribution in [2.45, 2.75) is 12.1 Å². The van der Waals surface area contributed by atoms with Crippen LogP contribution in [0.15, 0.2) is 18.2 Å². The molecule has 0 saturated carbocycles. The van der Waals surface area contributed by atoms with Crippen LogP contribution in [0.5, 0.6) is 5.75 Å². The van der Waals surface area contributed by atoms with Crippen LogP contribution >= 0.6 is 0 Å². The van der Waals surface area contributed by atoms with Gasteiger partial charge in [-0.2, -0.15) is 0 Å². The minimum absolute atomic E-state index is 0.0117. The highest BCUT2D eigenvalue weighted by molar-refractivity contribution is 5.97. The zero-order chi connectivity index (χ0) is 16.6. The molecule has 0 bridgehead atoms. The number of nitrogens with zero attached hydrogens (tertiary/aromatic N) is 3. The van der Waals surface area contributed by atoms with Gasteiger partial charge in [0.1, 0.15) is 5.75 Å². The third-order valence-corrected chi connectivity index (χ3v) is 4.49. The molecule has 2 aliphatic rings. The van der Waals surface area contributed by atoms with Crippen LogP contribution in [0.3, 0.4) is 0 Å². The highest BCUT2D eigenvalue weighted by Gasteiger charge is 2.41. The summed E-state index contributed by atoms with van der Waals surface area (Å²) < 4.78 is 10.9. The van der Waals surface area contributed by atoms with Gasteiger partial charge in [-0.25, -0.2) is 0 Å². The molecule has 0 aliphatic carbocycles. The Labute approximate surface area is 133 Å². The number of morpholine rings is 1. The molecule has 1 aromatic carbocycles. The molecule has 0 spiro atoms. The first-order chi connectivity index (χ1) is 11.0. The largest absolute Gasteiger partial charge is 0.496 e. The fraction of sp³-hybridized carbons (Fsp3) is 0.533. The van der Waals surface area contributed by atoms with E-state index < -0.39 is 4.92 Å². The maximum absolute atomic E-state index is 12.8. The number of carbonyl (C=O) groups is 1. The summed E-state index contributed by atoms with van der Waals surface area (Å²) in [5.74, 6) is 0.0710. The van der Waals surface area contributed by atoms with Gasteiger partial charge in [-0.3, -0.25) is 19.8 Å². The van der Waals surface area contributed by atoms with Crippen molar-refractivity contribution in [1.29, 1.82) is 0 Å². The van der Waals surface area contributed by atoms with Crippen LogP contribution in [0.4, 0.5) is 5.69 Å². The molecule has 2 saturated heterocycles. The van der Waals surface area contributed by atoms with Crippen molar-refractivity contribution in [3.63, 3.8) is 0 Å². The maximum Gasteiger partial charge on any atom is 0.270 e. The molecule has 0 aromatic heterocycles. The number of hydrogen-bond acceptors (Lipinski definition) is 6. The Morgan fingerprint density at radius 2 is 2.22 bits per heavy atom. The Bertz CT molecular complexity index is 636. The number of benzene rings is 1. The average molecular weight is 321 g/mol. The lowest BCUT2D eigenvalue weighted by Gasteiger charge is -2.33. The van der Waals surface area contributed by atoms with E-state index in [2.05, 4.69) is 4.90 Å². The third kappa shape index (κ3) is 2.87. The first kappa shape index (κ1) is 15.7. The number of ether oxygens (including phenoxy) is 2. The lowest BCUT2D eigenvalue weighted by atomic mass is 10.1. The van der Waals surface area contributed by atoms with E-state index in [9.17, 15) is 14.9 Å². The molecule has 2 heterocycles. The van der Waals surface area contributed by atoms with Crippen molar-refractivity contribution >= 4 is 11.6 Å². The van der Waals surface area contributed by atoms with E-state index in [1.807, 2.05) is 7.05 Å². The molecule has 8 nitrogen and oxygen atoms in total. The predicted molar refractivity (Wildman–Crippen MR) is 81.7 cm³/mol. The van der Waals surface area contributed by atoms with Gasteiger partial charge in [0, 0.05) is 31.8 Å². The standard InChI is InChI=1S/C15H19N3O5/c1-16-5-6-23-14-9-17(8-12(14)16)15(19)11-7-10(18(20)21)3-4-13(11)22-2/h3-4,7,12,14H,5-6,8-9H2,1-2H3/t12-,14+/m1/s1. The SMILES string of the molecule is COc1ccc([N+](=O)[O-])cc1C(=O)N1C[C@@H]2OCCN(C)[C@@H]2C1. The second kappa shape index (κ2) is 6.13. The van der Waals surface area contributed by atoms with Gasteiger partial charge in [-0.15, -0.1) is 0 Å². The second-order valence-corrected chi connectivity index (χ2v) is 5.81. The molecule has 2 fully saturated rings. The van der Waals surface area contributed by atoms with Gasteiger partial charge >= 0.3 is 0 Å². The average Bonchev–Trinajstić information content (AvgIpc) is 2.99. The molecule has 1 amide bonds. The van der Waals surface area contributed by atoms with Crippen molar-refractivity contribution in [2.75, 3.05) is 40.4 Å². The number of nitro groups is 1. The zero-order valence-electron chi connectivity index (χ0n) is 13.1. The summed E-state index contributed by atoms with van der Waals surface area (Å²) in [5.41, 5.74) is 0.0853. The molecule has 8 heteroatoms. The van der Waals surface area contributed by atoms with Crippen molar-refractivity contribution in [2.24, 2.45) is 0 Å². The number of amides is 1. The van der Waals surface area contributed by atoms with E-state index in [0.29, 0.717) is 25.4 Å². The number of rotatable bonds is 3. The highest BCUT2D eigenvalue weighted by Crippen LogP contribution is 2.28. The maximum atomic E-state index is 12.8. The number of likely N-dealkylation sites (N-methyl/N-ethyl adjacent to an activating group) is 1. The van der Waals surface area contributed by atoms with Crippen molar-refractivity contribution in [3.05, 3.63) is 33.9 Å². The lowest BCUT2D eigenvalue weighted by Crippen LogP contribution is -2.48. The van der Waals surface area contributed by atoms with Gasteiger partial charge in [-0.05, 0) is 13.1 Å². The van der Waals surface area contributed by atoms with E-state index in [1.165, 1.54) is 25.3 Å². The van der Waals surface area contributed by atoms with E-state index in [4.69, 9.17) is 9.47 Å². The topological polar surface area (TPSA) is 85.1 Å². The van der Waals surface area contributed by atoms with Gasteiger partial charge in [0.2, 0.25) is 0 Å². The van der Waals surface area contributed by atoms with Gasteiger partial charge < -0.3 is 14.4 Å². The second-order valence-electron chi connectivity index (χ2n) is 5.81. The van der Waals surface area contributed by atoms with Gasteiger partial charge in [0.05, 0.1) is 36.3 Å². The van der Waals surface area contributed by atoms with Gasteiger partial charge in [0.25, 0.3) is 11.6 Å². The summed E-state index contributed by atoms with van der Waals surface area (Å²) in [6.45, 7) is 2.52. The Balaban J connectivity index is 1.85. The first-order valence-electron chi connectivity index (χ1n) is 7.45. The van der Waals surface area contributed by atoms with Crippen molar-refractivity contribution in [3.8, 4) is 5.75 Å². The number of carbonyl (C=O) groups excluding carboxylic acids is 1. The molecule has 3 rings (SSSR count). The summed E-state index contributed by atoms with van der Waals surface area (Å²) in [7, 11) is 3.46. The number of hydrogen-bond donors (Lipinski definition) is 0. The smallest absolute Gasteiger partial charge is 0.270 e. The third-order valence-electron chi connectivity index (χ3n) is 4.49. The number of likely N-dealkylation sites (tertiary alicyclic amines) is 1. The van der Waals surface area contributed by atoms with Crippen LogP contribution in [-0.2, 0) is 4.74 Å². The summed E-state index contributed by atoms with van der Waals surface area (Å²) >= 11 is 0. The fourth-order valence-corrected chi connectivity index (χ4v) is 3.17. The summed E-state index contributed by atoms with van der Waals surface area (Å²) in [6.07, 6.45) is -0.0117. The molecule has 0 unspecified atom stereocenters.